The van der Waals surface area contributed by atoms with Gasteiger partial charge in [-0.2, -0.15) is 10.2 Å². The van der Waals surface area contributed by atoms with Crippen LogP contribution in [0.3, 0.4) is 0 Å². The maximum atomic E-state index is 10.3. The fraction of sp³-hybridized carbons (Fsp3) is 0.447. The number of methoxy groups -OCH3 is 1. The first-order valence-corrected chi connectivity index (χ1v) is 16.7. The third-order valence-electron chi connectivity index (χ3n) is 10.4. The molecular formula is C38H47N3O9. The second kappa shape index (κ2) is 15.5. The summed E-state index contributed by atoms with van der Waals surface area (Å²) in [7, 11) is 1.77. The number of fused-ring (bicyclic) bond motifs is 2. The number of hydrogen-bond acceptors (Lipinski definition) is 8. The van der Waals surface area contributed by atoms with Gasteiger partial charge in [-0.25, -0.2) is 4.79 Å². The highest BCUT2D eigenvalue weighted by atomic mass is 16.5. The second-order valence-corrected chi connectivity index (χ2v) is 13.7. The SMILES string of the molecule is COc1ccc(C(C)C)cc1CNC1C2CCC3(CC2)N=NC13C(c1ccccc1)c1ccccc1.O.O=C(O)CC(O)(CC(=O)O)C(=O)O. The molecule has 3 saturated carbocycles. The van der Waals surface area contributed by atoms with Crippen molar-refractivity contribution in [3.63, 3.8) is 0 Å². The maximum absolute atomic E-state index is 10.3. The predicted octanol–water partition coefficient (Wildman–Crippen LogP) is 5.18. The van der Waals surface area contributed by atoms with Crippen LogP contribution in [0.2, 0.25) is 0 Å². The number of hydrogen-bond donors (Lipinski definition) is 5. The molecule has 7 N–H and O–H groups in total. The van der Waals surface area contributed by atoms with E-state index in [1.807, 2.05) is 0 Å². The van der Waals surface area contributed by atoms with Gasteiger partial charge in [0.25, 0.3) is 0 Å². The van der Waals surface area contributed by atoms with E-state index in [2.05, 4.69) is 98.0 Å². The van der Waals surface area contributed by atoms with Crippen molar-refractivity contribution in [2.45, 2.75) is 93.5 Å². The van der Waals surface area contributed by atoms with E-state index in [1.54, 1.807) is 7.11 Å². The zero-order valence-electron chi connectivity index (χ0n) is 28.6. The molecule has 2 atom stereocenters. The number of rotatable bonds is 13. The number of carboxylic acid groups (broad SMARTS) is 3. The zero-order valence-corrected chi connectivity index (χ0v) is 28.6. The third kappa shape index (κ3) is 7.28. The number of azo groups is 1. The molecule has 0 saturated heterocycles. The number of nitrogens with one attached hydrogen (secondary N) is 1. The van der Waals surface area contributed by atoms with Crippen molar-refractivity contribution < 1.29 is 45.0 Å². The zero-order chi connectivity index (χ0) is 35.4. The molecular weight excluding hydrogens is 642 g/mol. The Kier molecular flexibility index (Phi) is 11.8. The van der Waals surface area contributed by atoms with Crippen LogP contribution in [0.4, 0.5) is 0 Å². The van der Waals surface area contributed by atoms with E-state index in [0.717, 1.165) is 25.1 Å². The highest BCUT2D eigenvalue weighted by Gasteiger charge is 2.72. The summed E-state index contributed by atoms with van der Waals surface area (Å²) in [6.07, 6.45) is 2.43. The van der Waals surface area contributed by atoms with Crippen LogP contribution in [0.25, 0.3) is 0 Å². The van der Waals surface area contributed by atoms with Crippen LogP contribution in [0.15, 0.2) is 89.1 Å². The molecule has 50 heavy (non-hydrogen) atoms. The molecule has 3 aliphatic carbocycles. The molecule has 3 aromatic rings. The first-order valence-electron chi connectivity index (χ1n) is 16.7. The molecule has 12 heteroatoms. The molecule has 1 aliphatic heterocycles. The van der Waals surface area contributed by atoms with Gasteiger partial charge in [-0.15, -0.1) is 0 Å². The molecule has 0 radical (unpaired) electrons. The van der Waals surface area contributed by atoms with Gasteiger partial charge in [0.2, 0.25) is 0 Å². The van der Waals surface area contributed by atoms with Crippen LogP contribution in [0.1, 0.15) is 86.5 Å². The Bertz CT molecular complexity index is 1620. The standard InChI is InChI=1S/C32H37N3O.C6H8O7.H2O/c1-22(2)26-14-15-28(36-3)27(20-26)21-33-30-25-16-18-31(19-17-25)32(30,35-34-31)29(23-10-6-4-7-11-23)24-12-8-5-9-13-24;7-3(8)1-6(13,5(11)12)2-4(9)10;/h4-15,20,22,25,29-30,33H,16-19,21H2,1-3H3;13H,1-2H2,(H,7,8)(H,9,10)(H,11,12);1H2. The number of benzene rings is 3. The molecule has 0 amide bonds. The van der Waals surface area contributed by atoms with Crippen LogP contribution >= 0.6 is 0 Å². The van der Waals surface area contributed by atoms with Gasteiger partial charge < -0.3 is 36.0 Å². The summed E-state index contributed by atoms with van der Waals surface area (Å²) in [5.41, 5.74) is 2.14. The summed E-state index contributed by atoms with van der Waals surface area (Å²) in [5.74, 6) is -2.82. The van der Waals surface area contributed by atoms with Gasteiger partial charge in [-0.1, -0.05) is 86.6 Å². The predicted molar refractivity (Wildman–Crippen MR) is 185 cm³/mol. The van der Waals surface area contributed by atoms with Crippen molar-refractivity contribution >= 4 is 17.9 Å². The smallest absolute Gasteiger partial charge is 0.336 e. The number of carbonyl (C=O) groups is 3. The average Bonchev–Trinajstić information content (AvgIpc) is 3.07. The van der Waals surface area contributed by atoms with Gasteiger partial charge in [0.1, 0.15) is 16.8 Å². The largest absolute Gasteiger partial charge is 0.496 e. The third-order valence-corrected chi connectivity index (χ3v) is 10.4. The number of nitrogens with zero attached hydrogens (tertiary/aromatic N) is 2. The van der Waals surface area contributed by atoms with Crippen LogP contribution < -0.4 is 10.1 Å². The van der Waals surface area contributed by atoms with Crippen LogP contribution in [0.5, 0.6) is 5.75 Å². The van der Waals surface area contributed by atoms with Crippen molar-refractivity contribution in [3.05, 3.63) is 101 Å². The molecule has 1 heterocycles. The molecule has 12 nitrogen and oxygen atoms in total. The number of aliphatic hydroxyl groups is 1. The Balaban J connectivity index is 0.000000345. The first-order chi connectivity index (χ1) is 23.4. The van der Waals surface area contributed by atoms with Gasteiger partial charge in [0.15, 0.2) is 5.60 Å². The van der Waals surface area contributed by atoms with E-state index < -0.39 is 36.4 Å². The maximum Gasteiger partial charge on any atom is 0.336 e. The van der Waals surface area contributed by atoms with Crippen LogP contribution in [-0.2, 0) is 20.9 Å². The fourth-order valence-corrected chi connectivity index (χ4v) is 8.02. The van der Waals surface area contributed by atoms with E-state index >= 15 is 0 Å². The Labute approximate surface area is 291 Å². The minimum atomic E-state index is -2.74. The lowest BCUT2D eigenvalue weighted by Gasteiger charge is -2.66. The van der Waals surface area contributed by atoms with Crippen molar-refractivity contribution in [3.8, 4) is 5.75 Å². The highest BCUT2D eigenvalue weighted by Crippen LogP contribution is 2.65. The normalized spacial score (nSPS) is 23.2. The van der Waals surface area contributed by atoms with Crippen molar-refractivity contribution in [1.29, 1.82) is 0 Å². The van der Waals surface area contributed by atoms with Crippen LogP contribution in [0, 0.1) is 5.92 Å². The molecule has 3 aromatic carbocycles. The summed E-state index contributed by atoms with van der Waals surface area (Å²) in [4.78, 5) is 30.5. The first kappa shape index (κ1) is 38.2. The molecule has 268 valence electrons. The summed E-state index contributed by atoms with van der Waals surface area (Å²) in [6.45, 7) is 5.27. The Hall–Kier alpha value is -4.65. The topological polar surface area (TPSA) is 210 Å². The molecule has 2 unspecified atom stereocenters. The van der Waals surface area contributed by atoms with Gasteiger partial charge in [-0.05, 0) is 60.3 Å². The Morgan fingerprint density at radius 2 is 1.40 bits per heavy atom. The average molecular weight is 690 g/mol. The lowest BCUT2D eigenvalue weighted by atomic mass is 9.47. The van der Waals surface area contributed by atoms with E-state index in [9.17, 15) is 14.4 Å². The number of carboxylic acids is 3. The molecule has 1 spiro atoms. The van der Waals surface area contributed by atoms with Crippen molar-refractivity contribution in [2.75, 3.05) is 7.11 Å². The van der Waals surface area contributed by atoms with E-state index in [1.165, 1.54) is 35.1 Å². The fourth-order valence-electron chi connectivity index (χ4n) is 8.02. The minimum Gasteiger partial charge on any atom is -0.496 e. The molecule has 0 aromatic heterocycles. The van der Waals surface area contributed by atoms with Crippen molar-refractivity contribution in [1.82, 2.24) is 5.32 Å². The molecule has 7 rings (SSSR count). The monoisotopic (exact) mass is 689 g/mol. The Morgan fingerprint density at radius 3 is 1.82 bits per heavy atom. The lowest BCUT2D eigenvalue weighted by Crippen LogP contribution is -2.76. The van der Waals surface area contributed by atoms with E-state index in [0.29, 0.717) is 11.8 Å². The summed E-state index contributed by atoms with van der Waals surface area (Å²) >= 11 is 0. The highest BCUT2D eigenvalue weighted by molar-refractivity contribution is 5.88. The summed E-state index contributed by atoms with van der Waals surface area (Å²) in [5, 5.41) is 48.0. The quantitative estimate of drug-likeness (QED) is 0.160. The van der Waals surface area contributed by atoms with Gasteiger partial charge in [0, 0.05) is 24.1 Å². The summed E-state index contributed by atoms with van der Waals surface area (Å²) < 4.78 is 5.77. The van der Waals surface area contributed by atoms with Gasteiger partial charge in [-0.3, -0.25) is 9.59 Å². The minimum absolute atomic E-state index is 0. The van der Waals surface area contributed by atoms with Gasteiger partial charge in [0.05, 0.1) is 20.0 Å². The number of aliphatic carboxylic acids is 3. The Morgan fingerprint density at radius 1 is 0.860 bits per heavy atom. The molecule has 3 fully saturated rings. The number of ether oxygens (including phenoxy) is 1. The second-order valence-electron chi connectivity index (χ2n) is 13.7. The lowest BCUT2D eigenvalue weighted by molar-refractivity contribution is -0.170. The molecule has 4 aliphatic rings. The van der Waals surface area contributed by atoms with E-state index in [4.69, 9.17) is 35.4 Å². The van der Waals surface area contributed by atoms with Crippen molar-refractivity contribution in [2.24, 2.45) is 16.1 Å². The summed E-state index contributed by atoms with van der Waals surface area (Å²) in [6, 6.07) is 28.9. The van der Waals surface area contributed by atoms with E-state index in [-0.39, 0.29) is 28.5 Å². The van der Waals surface area contributed by atoms with Gasteiger partial charge >= 0.3 is 17.9 Å². The molecule has 2 bridgehead atoms. The van der Waals surface area contributed by atoms with Crippen LogP contribution in [-0.4, -0.2) is 73.6 Å².